The van der Waals surface area contributed by atoms with Crippen LogP contribution in [-0.4, -0.2) is 30.6 Å². The number of hydrogen-bond acceptors (Lipinski definition) is 3. The van der Waals surface area contributed by atoms with Crippen molar-refractivity contribution >= 4 is 12.1 Å². The van der Waals surface area contributed by atoms with Gasteiger partial charge in [0.25, 0.3) is 0 Å². The van der Waals surface area contributed by atoms with Gasteiger partial charge in [0.1, 0.15) is 6.29 Å². The van der Waals surface area contributed by atoms with E-state index in [4.69, 9.17) is 0 Å². The van der Waals surface area contributed by atoms with Gasteiger partial charge in [0, 0.05) is 32.0 Å². The number of Topliss-reactive ketones (excluding diaryl/α,β-unsaturated/α-hetero) is 1. The summed E-state index contributed by atoms with van der Waals surface area (Å²) in [5.41, 5.74) is 0.772. The molecule has 1 heterocycles. The number of carbonyl (C=O) groups excluding carboxylic acids is 2. The SMILES string of the molecule is CN1C=CC(C(=O)CCCC=O)=CC1. The lowest BCUT2D eigenvalue weighted by molar-refractivity contribution is -0.115. The highest BCUT2D eigenvalue weighted by Gasteiger charge is 2.08. The highest BCUT2D eigenvalue weighted by Crippen LogP contribution is 2.10. The van der Waals surface area contributed by atoms with Crippen LogP contribution in [0.1, 0.15) is 19.3 Å². The Hall–Kier alpha value is -1.38. The highest BCUT2D eigenvalue weighted by molar-refractivity contribution is 5.98. The first-order valence-electron chi connectivity index (χ1n) is 4.79. The second-order valence-electron chi connectivity index (χ2n) is 3.40. The zero-order chi connectivity index (χ0) is 10.4. The lowest BCUT2D eigenvalue weighted by atomic mass is 10.0. The molecule has 3 heteroatoms. The number of ketones is 1. The predicted octanol–water partition coefficient (Wildman–Crippen LogP) is 1.31. The molecule has 1 aliphatic heterocycles. The molecule has 0 aromatic rings. The van der Waals surface area contributed by atoms with Gasteiger partial charge < -0.3 is 9.69 Å². The number of unbranched alkanes of at least 4 members (excludes halogenated alkanes) is 1. The van der Waals surface area contributed by atoms with Gasteiger partial charge in [0.05, 0.1) is 0 Å². The minimum Gasteiger partial charge on any atom is -0.377 e. The summed E-state index contributed by atoms with van der Waals surface area (Å²) < 4.78 is 0. The molecular formula is C11H15NO2. The van der Waals surface area contributed by atoms with Crippen LogP contribution >= 0.6 is 0 Å². The normalized spacial score (nSPS) is 15.2. The number of nitrogens with zero attached hydrogens (tertiary/aromatic N) is 1. The molecule has 0 saturated heterocycles. The minimum atomic E-state index is 0.135. The molecule has 76 valence electrons. The van der Waals surface area contributed by atoms with Crippen LogP contribution < -0.4 is 0 Å². The molecule has 1 aliphatic rings. The number of carbonyl (C=O) groups is 2. The van der Waals surface area contributed by atoms with Gasteiger partial charge in [-0.3, -0.25) is 4.79 Å². The maximum absolute atomic E-state index is 11.5. The van der Waals surface area contributed by atoms with Crippen LogP contribution in [0.2, 0.25) is 0 Å². The van der Waals surface area contributed by atoms with Crippen molar-refractivity contribution in [3.05, 3.63) is 23.9 Å². The smallest absolute Gasteiger partial charge is 0.162 e. The molecule has 3 nitrogen and oxygen atoms in total. The van der Waals surface area contributed by atoms with Gasteiger partial charge in [-0.15, -0.1) is 0 Å². The maximum atomic E-state index is 11.5. The van der Waals surface area contributed by atoms with Crippen molar-refractivity contribution in [2.75, 3.05) is 13.6 Å². The lowest BCUT2D eigenvalue weighted by Gasteiger charge is -2.16. The molecule has 0 saturated carbocycles. The molecule has 0 spiro atoms. The van der Waals surface area contributed by atoms with Crippen molar-refractivity contribution in [2.45, 2.75) is 19.3 Å². The predicted molar refractivity (Wildman–Crippen MR) is 54.8 cm³/mol. The molecule has 0 amide bonds. The second-order valence-corrected chi connectivity index (χ2v) is 3.40. The fourth-order valence-electron chi connectivity index (χ4n) is 1.28. The summed E-state index contributed by atoms with van der Waals surface area (Å²) in [7, 11) is 1.96. The summed E-state index contributed by atoms with van der Waals surface area (Å²) in [6.07, 6.45) is 8.10. The van der Waals surface area contributed by atoms with Crippen molar-refractivity contribution in [1.29, 1.82) is 0 Å². The van der Waals surface area contributed by atoms with Crippen molar-refractivity contribution in [3.8, 4) is 0 Å². The third kappa shape index (κ3) is 3.17. The van der Waals surface area contributed by atoms with Crippen molar-refractivity contribution in [1.82, 2.24) is 4.90 Å². The molecule has 0 aromatic heterocycles. The third-order valence-electron chi connectivity index (χ3n) is 2.16. The molecule has 14 heavy (non-hydrogen) atoms. The molecule has 0 unspecified atom stereocenters. The topological polar surface area (TPSA) is 37.4 Å². The largest absolute Gasteiger partial charge is 0.377 e. The molecule has 0 radical (unpaired) electrons. The van der Waals surface area contributed by atoms with Gasteiger partial charge in [-0.25, -0.2) is 0 Å². The summed E-state index contributed by atoms with van der Waals surface area (Å²) in [6, 6.07) is 0. The van der Waals surface area contributed by atoms with Crippen LogP contribution in [0, 0.1) is 0 Å². The molecule has 0 atom stereocenters. The second kappa shape index (κ2) is 5.37. The Kier molecular flexibility index (Phi) is 4.11. The van der Waals surface area contributed by atoms with E-state index in [0.29, 0.717) is 19.3 Å². The summed E-state index contributed by atoms with van der Waals surface area (Å²) in [5.74, 6) is 0.135. The number of allylic oxidation sites excluding steroid dienone is 2. The summed E-state index contributed by atoms with van der Waals surface area (Å²) in [4.78, 5) is 23.6. The molecule has 0 N–H and O–H groups in total. The highest BCUT2D eigenvalue weighted by atomic mass is 16.1. The molecule has 0 aliphatic carbocycles. The van der Waals surface area contributed by atoms with Crippen LogP contribution in [0.5, 0.6) is 0 Å². The molecule has 1 rings (SSSR count). The average molecular weight is 193 g/mol. The molecule has 0 bridgehead atoms. The zero-order valence-corrected chi connectivity index (χ0v) is 8.40. The summed E-state index contributed by atoms with van der Waals surface area (Å²) in [5, 5.41) is 0. The van der Waals surface area contributed by atoms with Gasteiger partial charge in [-0.1, -0.05) is 6.08 Å². The number of hydrogen-bond donors (Lipinski definition) is 0. The first-order chi connectivity index (χ1) is 6.74. The first-order valence-corrected chi connectivity index (χ1v) is 4.79. The van der Waals surface area contributed by atoms with E-state index < -0.39 is 0 Å². The van der Waals surface area contributed by atoms with E-state index in [0.717, 1.165) is 18.4 Å². The van der Waals surface area contributed by atoms with Gasteiger partial charge in [-0.05, 0) is 18.7 Å². The zero-order valence-electron chi connectivity index (χ0n) is 8.40. The van der Waals surface area contributed by atoms with E-state index in [1.807, 2.05) is 30.3 Å². The molecular weight excluding hydrogens is 178 g/mol. The fourth-order valence-corrected chi connectivity index (χ4v) is 1.28. The first kappa shape index (κ1) is 10.7. The van der Waals surface area contributed by atoms with Gasteiger partial charge in [0.2, 0.25) is 0 Å². The van der Waals surface area contributed by atoms with E-state index in [9.17, 15) is 9.59 Å². The van der Waals surface area contributed by atoms with E-state index in [1.165, 1.54) is 0 Å². The Morgan fingerprint density at radius 3 is 3.00 bits per heavy atom. The monoisotopic (exact) mass is 193 g/mol. The average Bonchev–Trinajstić information content (AvgIpc) is 2.19. The Balaban J connectivity index is 2.38. The Morgan fingerprint density at radius 2 is 2.43 bits per heavy atom. The van der Waals surface area contributed by atoms with Gasteiger partial charge in [-0.2, -0.15) is 0 Å². The van der Waals surface area contributed by atoms with Crippen molar-refractivity contribution < 1.29 is 9.59 Å². The van der Waals surface area contributed by atoms with E-state index in [2.05, 4.69) is 0 Å². The van der Waals surface area contributed by atoms with Gasteiger partial charge in [0.15, 0.2) is 5.78 Å². The number of aldehydes is 1. The third-order valence-corrected chi connectivity index (χ3v) is 2.16. The standard InChI is InChI=1S/C11H15NO2/c1-12-7-5-10(6-8-12)11(14)4-2-3-9-13/h5-7,9H,2-4,8H2,1H3. The lowest BCUT2D eigenvalue weighted by Crippen LogP contribution is -2.16. The van der Waals surface area contributed by atoms with Crippen LogP contribution in [0.4, 0.5) is 0 Å². The Morgan fingerprint density at radius 1 is 1.64 bits per heavy atom. The van der Waals surface area contributed by atoms with Gasteiger partial charge >= 0.3 is 0 Å². The van der Waals surface area contributed by atoms with E-state index in [1.54, 1.807) is 0 Å². The maximum Gasteiger partial charge on any atom is 0.162 e. The van der Waals surface area contributed by atoms with Crippen molar-refractivity contribution in [3.63, 3.8) is 0 Å². The number of rotatable bonds is 5. The Labute approximate surface area is 84.1 Å². The minimum absolute atomic E-state index is 0.135. The van der Waals surface area contributed by atoms with Crippen LogP contribution in [0.3, 0.4) is 0 Å². The summed E-state index contributed by atoms with van der Waals surface area (Å²) >= 11 is 0. The Bertz CT molecular complexity index is 279. The quantitative estimate of drug-likeness (QED) is 0.488. The summed E-state index contributed by atoms with van der Waals surface area (Å²) in [6.45, 7) is 0.783. The van der Waals surface area contributed by atoms with Crippen LogP contribution in [0.15, 0.2) is 23.9 Å². The van der Waals surface area contributed by atoms with Crippen LogP contribution in [0.25, 0.3) is 0 Å². The fraction of sp³-hybridized carbons (Fsp3) is 0.455. The molecule has 0 aromatic carbocycles. The van der Waals surface area contributed by atoms with Crippen LogP contribution in [-0.2, 0) is 9.59 Å². The number of likely N-dealkylation sites (N-methyl/N-ethyl adjacent to an activating group) is 1. The van der Waals surface area contributed by atoms with E-state index >= 15 is 0 Å². The van der Waals surface area contributed by atoms with Crippen molar-refractivity contribution in [2.24, 2.45) is 0 Å². The van der Waals surface area contributed by atoms with E-state index in [-0.39, 0.29) is 5.78 Å². The molecule has 0 fully saturated rings.